The number of hydrogen-bond donors (Lipinski definition) is 2. The Morgan fingerprint density at radius 3 is 2.38 bits per heavy atom. The van der Waals surface area contributed by atoms with E-state index in [1.54, 1.807) is 0 Å². The SMILES string of the molecule is O=C1NC(=S)NC12COCCOC2. The summed E-state index contributed by atoms with van der Waals surface area (Å²) in [6.45, 7) is 1.64. The van der Waals surface area contributed by atoms with E-state index in [0.717, 1.165) is 0 Å². The standard InChI is InChI=1S/C7H10N2O3S/c10-5-7(9-6(13)8-5)3-11-1-2-12-4-7/h1-4H2,(H2,8,9,10,13). The summed E-state index contributed by atoms with van der Waals surface area (Å²) >= 11 is 4.84. The lowest BCUT2D eigenvalue weighted by Crippen LogP contribution is -2.53. The number of carbonyl (C=O) groups excluding carboxylic acids is 1. The summed E-state index contributed by atoms with van der Waals surface area (Å²) in [5.41, 5.74) is -0.798. The highest BCUT2D eigenvalue weighted by Crippen LogP contribution is 2.14. The first kappa shape index (κ1) is 8.86. The molecule has 1 amide bonds. The summed E-state index contributed by atoms with van der Waals surface area (Å²) in [5.74, 6) is -0.167. The van der Waals surface area contributed by atoms with Crippen LogP contribution in [0.5, 0.6) is 0 Å². The first-order chi connectivity index (χ1) is 6.23. The van der Waals surface area contributed by atoms with Crippen molar-refractivity contribution in [2.24, 2.45) is 0 Å². The van der Waals surface area contributed by atoms with E-state index >= 15 is 0 Å². The van der Waals surface area contributed by atoms with Gasteiger partial charge in [0, 0.05) is 0 Å². The van der Waals surface area contributed by atoms with Gasteiger partial charge in [-0.1, -0.05) is 0 Å². The maximum Gasteiger partial charge on any atom is 0.256 e. The van der Waals surface area contributed by atoms with Crippen molar-refractivity contribution < 1.29 is 14.3 Å². The second-order valence-corrected chi connectivity index (χ2v) is 3.50. The topological polar surface area (TPSA) is 59.6 Å². The van der Waals surface area contributed by atoms with Crippen molar-refractivity contribution in [2.75, 3.05) is 26.4 Å². The van der Waals surface area contributed by atoms with Gasteiger partial charge in [-0.3, -0.25) is 4.79 Å². The van der Waals surface area contributed by atoms with Crippen molar-refractivity contribution in [3.63, 3.8) is 0 Å². The molecule has 0 aromatic heterocycles. The van der Waals surface area contributed by atoms with E-state index in [9.17, 15) is 4.79 Å². The summed E-state index contributed by atoms with van der Waals surface area (Å²) in [6.07, 6.45) is 0. The molecule has 2 N–H and O–H groups in total. The van der Waals surface area contributed by atoms with Gasteiger partial charge in [0.15, 0.2) is 10.7 Å². The Bertz CT molecular complexity index is 248. The Hall–Kier alpha value is -0.720. The predicted molar refractivity (Wildman–Crippen MR) is 48.2 cm³/mol. The monoisotopic (exact) mass is 202 g/mol. The van der Waals surface area contributed by atoms with Crippen LogP contribution in [0.4, 0.5) is 0 Å². The molecular weight excluding hydrogens is 192 g/mol. The third-order valence-electron chi connectivity index (χ3n) is 2.08. The molecule has 2 aliphatic heterocycles. The highest BCUT2D eigenvalue weighted by atomic mass is 32.1. The van der Waals surface area contributed by atoms with Gasteiger partial charge in [-0.2, -0.15) is 0 Å². The average Bonchev–Trinajstić information content (AvgIpc) is 2.29. The van der Waals surface area contributed by atoms with Crippen LogP contribution >= 0.6 is 12.2 Å². The molecule has 6 heteroatoms. The van der Waals surface area contributed by atoms with E-state index < -0.39 is 5.54 Å². The van der Waals surface area contributed by atoms with Gasteiger partial charge in [0.05, 0.1) is 26.4 Å². The molecule has 0 atom stereocenters. The minimum atomic E-state index is -0.798. The van der Waals surface area contributed by atoms with Gasteiger partial charge in [0.25, 0.3) is 5.91 Å². The number of nitrogens with one attached hydrogen (secondary N) is 2. The first-order valence-corrected chi connectivity index (χ1v) is 4.43. The molecule has 0 saturated carbocycles. The van der Waals surface area contributed by atoms with Crippen LogP contribution in [-0.4, -0.2) is 43.0 Å². The third kappa shape index (κ3) is 1.52. The molecule has 0 aromatic carbocycles. The summed E-state index contributed by atoms with van der Waals surface area (Å²) in [7, 11) is 0. The predicted octanol–water partition coefficient (Wildman–Crippen LogP) is -1.22. The Morgan fingerprint density at radius 1 is 1.31 bits per heavy atom. The van der Waals surface area contributed by atoms with Gasteiger partial charge in [-0.05, 0) is 12.2 Å². The molecule has 2 saturated heterocycles. The van der Waals surface area contributed by atoms with Gasteiger partial charge in [-0.15, -0.1) is 0 Å². The number of ether oxygens (including phenoxy) is 2. The van der Waals surface area contributed by atoms with E-state index in [1.807, 2.05) is 0 Å². The fourth-order valence-electron chi connectivity index (χ4n) is 1.38. The number of thiocarbonyl (C=S) groups is 1. The molecule has 72 valence electrons. The zero-order valence-electron chi connectivity index (χ0n) is 6.96. The molecule has 0 aliphatic carbocycles. The molecule has 2 fully saturated rings. The lowest BCUT2D eigenvalue weighted by molar-refractivity contribution is -0.126. The maximum atomic E-state index is 11.5. The summed E-state index contributed by atoms with van der Waals surface area (Å²) in [6, 6.07) is 0. The summed E-state index contributed by atoms with van der Waals surface area (Å²) in [4.78, 5) is 11.5. The average molecular weight is 202 g/mol. The zero-order chi connectivity index (χ0) is 9.31. The van der Waals surface area contributed by atoms with Crippen LogP contribution in [0, 0.1) is 0 Å². The molecule has 1 spiro atoms. The number of amides is 1. The van der Waals surface area contributed by atoms with E-state index in [0.29, 0.717) is 31.5 Å². The van der Waals surface area contributed by atoms with Crippen LogP contribution in [-0.2, 0) is 14.3 Å². The van der Waals surface area contributed by atoms with E-state index in [1.165, 1.54) is 0 Å². The van der Waals surface area contributed by atoms with Gasteiger partial charge < -0.3 is 20.1 Å². The Balaban J connectivity index is 2.17. The van der Waals surface area contributed by atoms with Crippen LogP contribution in [0.25, 0.3) is 0 Å². The fraction of sp³-hybridized carbons (Fsp3) is 0.714. The van der Waals surface area contributed by atoms with Crippen molar-refractivity contribution >= 4 is 23.2 Å². The smallest absolute Gasteiger partial charge is 0.256 e. The van der Waals surface area contributed by atoms with E-state index in [2.05, 4.69) is 10.6 Å². The molecule has 2 aliphatic rings. The molecule has 2 heterocycles. The molecule has 2 rings (SSSR count). The van der Waals surface area contributed by atoms with Crippen molar-refractivity contribution in [1.82, 2.24) is 10.6 Å². The van der Waals surface area contributed by atoms with Crippen molar-refractivity contribution in [3.05, 3.63) is 0 Å². The summed E-state index contributed by atoms with van der Waals surface area (Å²) in [5, 5.41) is 5.75. The Labute approximate surface area is 80.8 Å². The number of carbonyl (C=O) groups is 1. The van der Waals surface area contributed by atoms with E-state index in [-0.39, 0.29) is 5.91 Å². The van der Waals surface area contributed by atoms with Gasteiger partial charge in [0.2, 0.25) is 0 Å². The van der Waals surface area contributed by atoms with Gasteiger partial charge in [-0.25, -0.2) is 0 Å². The Kier molecular flexibility index (Phi) is 2.19. The second kappa shape index (κ2) is 3.21. The highest BCUT2D eigenvalue weighted by molar-refractivity contribution is 7.80. The maximum absolute atomic E-state index is 11.5. The third-order valence-corrected chi connectivity index (χ3v) is 2.29. The van der Waals surface area contributed by atoms with Gasteiger partial charge in [0.1, 0.15) is 0 Å². The Morgan fingerprint density at radius 2 is 1.92 bits per heavy atom. The van der Waals surface area contributed by atoms with Crippen molar-refractivity contribution in [1.29, 1.82) is 0 Å². The van der Waals surface area contributed by atoms with Gasteiger partial charge >= 0.3 is 0 Å². The molecular formula is C7H10N2O3S. The van der Waals surface area contributed by atoms with Crippen LogP contribution < -0.4 is 10.6 Å². The molecule has 0 radical (unpaired) electrons. The van der Waals surface area contributed by atoms with Crippen molar-refractivity contribution in [2.45, 2.75) is 5.54 Å². The van der Waals surface area contributed by atoms with Crippen LogP contribution in [0.2, 0.25) is 0 Å². The number of rotatable bonds is 0. The highest BCUT2D eigenvalue weighted by Gasteiger charge is 2.46. The lowest BCUT2D eigenvalue weighted by atomic mass is 10.0. The first-order valence-electron chi connectivity index (χ1n) is 4.02. The molecule has 0 bridgehead atoms. The molecule has 0 aromatic rings. The zero-order valence-corrected chi connectivity index (χ0v) is 7.78. The minimum absolute atomic E-state index is 0.167. The molecule has 0 unspecified atom stereocenters. The summed E-state index contributed by atoms with van der Waals surface area (Å²) < 4.78 is 10.5. The number of hydrogen-bond acceptors (Lipinski definition) is 4. The van der Waals surface area contributed by atoms with Crippen LogP contribution in [0.1, 0.15) is 0 Å². The van der Waals surface area contributed by atoms with E-state index in [4.69, 9.17) is 21.7 Å². The lowest BCUT2D eigenvalue weighted by Gasteiger charge is -2.22. The van der Waals surface area contributed by atoms with Crippen LogP contribution in [0.15, 0.2) is 0 Å². The molecule has 13 heavy (non-hydrogen) atoms. The largest absolute Gasteiger partial charge is 0.376 e. The normalized spacial score (nSPS) is 26.8. The second-order valence-electron chi connectivity index (χ2n) is 3.10. The quantitative estimate of drug-likeness (QED) is 0.482. The fourth-order valence-corrected chi connectivity index (χ4v) is 1.67. The minimum Gasteiger partial charge on any atom is -0.376 e. The van der Waals surface area contributed by atoms with Crippen molar-refractivity contribution in [3.8, 4) is 0 Å². The van der Waals surface area contributed by atoms with Crippen LogP contribution in [0.3, 0.4) is 0 Å². The molecule has 5 nitrogen and oxygen atoms in total.